The van der Waals surface area contributed by atoms with Crippen molar-refractivity contribution in [1.82, 2.24) is 0 Å². The number of fused-ring (bicyclic) bond motifs is 1. The van der Waals surface area contributed by atoms with E-state index in [0.29, 0.717) is 11.4 Å². The van der Waals surface area contributed by atoms with Crippen LogP contribution < -0.4 is 42.0 Å². The molecule has 0 bridgehead atoms. The van der Waals surface area contributed by atoms with Gasteiger partial charge in [0.15, 0.2) is 0 Å². The first-order chi connectivity index (χ1) is 22.6. The van der Waals surface area contributed by atoms with Crippen molar-refractivity contribution in [3.05, 3.63) is 96.6 Å². The number of nitrogens with zero attached hydrogens (tertiary/aromatic N) is 3. The van der Waals surface area contributed by atoms with Crippen LogP contribution in [0.25, 0.3) is 10.8 Å². The number of halogens is 1. The van der Waals surface area contributed by atoms with Crippen molar-refractivity contribution >= 4 is 32.3 Å². The summed E-state index contributed by atoms with van der Waals surface area (Å²) in [6.07, 6.45) is 17.2. The summed E-state index contributed by atoms with van der Waals surface area (Å²) in [5, 5.41) is 19.6. The van der Waals surface area contributed by atoms with Gasteiger partial charge in [-0.3, -0.25) is 0 Å². The summed E-state index contributed by atoms with van der Waals surface area (Å²) in [7, 11) is 0.249. The maximum atomic E-state index is 10.9. The van der Waals surface area contributed by atoms with Gasteiger partial charge in [-0.25, -0.2) is 8.42 Å². The summed E-state index contributed by atoms with van der Waals surface area (Å²) in [5.74, 6) is -0.00814. The third kappa shape index (κ3) is 17.5. The zero-order chi connectivity index (χ0) is 34.0. The van der Waals surface area contributed by atoms with Gasteiger partial charge in [-0.15, -0.1) is 5.11 Å². The number of rotatable bonds is 18. The van der Waals surface area contributed by atoms with Gasteiger partial charge in [0.05, 0.1) is 31.2 Å². The Hall–Kier alpha value is -2.30. The van der Waals surface area contributed by atoms with E-state index in [1.54, 1.807) is 6.07 Å². The molecule has 1 N–H and O–H groups in total. The zero-order valence-corrected chi connectivity index (χ0v) is 33.4. The molecule has 262 valence electrons. The summed E-state index contributed by atoms with van der Waals surface area (Å²) >= 11 is 0. The first kappa shape index (κ1) is 44.7. The Morgan fingerprint density at radius 1 is 0.673 bits per heavy atom. The molecule has 0 saturated carbocycles. The molecular formula is C39H53ClN3NaO4S. The molecule has 0 saturated heterocycles. The third-order valence-electron chi connectivity index (χ3n) is 8.34. The molecular weight excluding hydrogens is 665 g/mol. The minimum Gasteiger partial charge on any atom is -1.00 e. The standard InChI is InChI=1S/C23H42N.C16H12N2O4S.ClH.Na/c1-4-5-6-7-8-9-10-11-12-13-14-18-21-24(2,3)22-23-19-16-15-17-20-23;19-15-10-5-11-3-1-2-4-14(11)16(15)18-17-12-6-8-13(9-7-12)23(20,21)22;;/h15-17,19-20H,4-14,18,21-22H2,1-3H3;1-10,19H,(H,20,21,22);1H;/q+1;;;+1/p-2. The average molecular weight is 718 g/mol. The monoisotopic (exact) mass is 717 g/mol. The molecule has 7 nitrogen and oxygen atoms in total. The van der Waals surface area contributed by atoms with Crippen LogP contribution in [0.4, 0.5) is 11.4 Å². The Kier molecular flexibility index (Phi) is 21.9. The number of quaternary nitrogens is 1. The molecule has 49 heavy (non-hydrogen) atoms. The van der Waals surface area contributed by atoms with E-state index in [-0.39, 0.29) is 52.6 Å². The number of hydrogen-bond donors (Lipinski definition) is 1. The van der Waals surface area contributed by atoms with E-state index in [1.165, 1.54) is 119 Å². The molecule has 0 radical (unpaired) electrons. The van der Waals surface area contributed by atoms with Crippen LogP contribution in [0.1, 0.15) is 89.5 Å². The first-order valence-electron chi connectivity index (χ1n) is 17.1. The van der Waals surface area contributed by atoms with Crippen LogP contribution in [0.3, 0.4) is 0 Å². The fraction of sp³-hybridized carbons (Fsp3) is 0.436. The van der Waals surface area contributed by atoms with Crippen molar-refractivity contribution in [2.75, 3.05) is 20.6 Å². The van der Waals surface area contributed by atoms with Gasteiger partial charge in [0.25, 0.3) is 0 Å². The van der Waals surface area contributed by atoms with E-state index in [4.69, 9.17) is 0 Å². The molecule has 0 unspecified atom stereocenters. The van der Waals surface area contributed by atoms with Crippen molar-refractivity contribution in [2.24, 2.45) is 10.2 Å². The molecule has 4 rings (SSSR count). The largest absolute Gasteiger partial charge is 1.00 e. The summed E-state index contributed by atoms with van der Waals surface area (Å²) in [6.45, 7) is 4.74. The second-order valence-corrected chi connectivity index (χ2v) is 14.4. The van der Waals surface area contributed by atoms with Crippen LogP contribution in [0, 0.1) is 0 Å². The number of benzene rings is 4. The molecule has 0 aliphatic carbocycles. The molecule has 0 aromatic heterocycles. The fourth-order valence-corrected chi connectivity index (χ4v) is 6.14. The average Bonchev–Trinajstić information content (AvgIpc) is 3.05. The van der Waals surface area contributed by atoms with Gasteiger partial charge in [0, 0.05) is 10.9 Å². The van der Waals surface area contributed by atoms with Gasteiger partial charge in [0.2, 0.25) is 0 Å². The number of azo groups is 1. The third-order valence-corrected chi connectivity index (χ3v) is 9.19. The maximum Gasteiger partial charge on any atom is 1.00 e. The van der Waals surface area contributed by atoms with Crippen molar-refractivity contribution in [3.63, 3.8) is 0 Å². The molecule has 0 aliphatic heterocycles. The van der Waals surface area contributed by atoms with Gasteiger partial charge in [0.1, 0.15) is 28.1 Å². The van der Waals surface area contributed by atoms with E-state index >= 15 is 0 Å². The van der Waals surface area contributed by atoms with Gasteiger partial charge in [-0.1, -0.05) is 132 Å². The van der Waals surface area contributed by atoms with Crippen LogP contribution >= 0.6 is 0 Å². The van der Waals surface area contributed by atoms with E-state index < -0.39 is 10.1 Å². The quantitative estimate of drug-likeness (QED) is 0.0524. The van der Waals surface area contributed by atoms with Gasteiger partial charge >= 0.3 is 29.6 Å². The number of aromatic hydroxyl groups is 1. The fourth-order valence-electron chi connectivity index (χ4n) is 5.67. The second kappa shape index (κ2) is 24.0. The predicted octanol–water partition coefficient (Wildman–Crippen LogP) is 4.84. The SMILES string of the molecule is CCCCCCCCCCCCCC[N+](C)(C)Cc1ccccc1.O=S(=O)([O-])c1ccc(N=Nc2c(O)ccc3ccccc23)cc1.[Cl-].[Na+]. The summed E-state index contributed by atoms with van der Waals surface area (Å²) in [4.78, 5) is -0.329. The van der Waals surface area contributed by atoms with Gasteiger partial charge < -0.3 is 26.5 Å². The van der Waals surface area contributed by atoms with E-state index in [1.807, 2.05) is 24.3 Å². The Balaban J connectivity index is 0.000000471. The predicted molar refractivity (Wildman–Crippen MR) is 192 cm³/mol. The molecule has 0 spiro atoms. The molecule has 4 aromatic rings. The molecule has 0 fully saturated rings. The molecule has 0 aliphatic rings. The summed E-state index contributed by atoms with van der Waals surface area (Å²) in [6, 6.07) is 26.7. The Morgan fingerprint density at radius 2 is 1.20 bits per heavy atom. The van der Waals surface area contributed by atoms with E-state index in [2.05, 4.69) is 61.6 Å². The molecule has 0 atom stereocenters. The Morgan fingerprint density at radius 3 is 1.78 bits per heavy atom. The minimum atomic E-state index is -4.48. The van der Waals surface area contributed by atoms with Crippen molar-refractivity contribution in [2.45, 2.75) is 95.4 Å². The second-order valence-electron chi connectivity index (χ2n) is 13.0. The number of hydrogen-bond acceptors (Lipinski definition) is 6. The normalized spacial score (nSPS) is 11.4. The van der Waals surface area contributed by atoms with Gasteiger partial charge in [-0.2, -0.15) is 5.11 Å². The van der Waals surface area contributed by atoms with Crippen LogP contribution in [0.5, 0.6) is 5.75 Å². The van der Waals surface area contributed by atoms with E-state index in [0.717, 1.165) is 21.8 Å². The summed E-state index contributed by atoms with van der Waals surface area (Å²) in [5.41, 5.74) is 2.15. The number of phenolic OH excluding ortho intramolecular Hbond substituents is 1. The Labute approximate surface area is 323 Å². The molecule has 0 amide bonds. The van der Waals surface area contributed by atoms with Crippen LogP contribution in [-0.4, -0.2) is 43.2 Å². The van der Waals surface area contributed by atoms with Crippen LogP contribution in [-0.2, 0) is 16.7 Å². The topological polar surface area (TPSA) is 102 Å². The molecule has 0 heterocycles. The number of unbranched alkanes of at least 4 members (excludes halogenated alkanes) is 11. The molecule has 10 heteroatoms. The Bertz CT molecular complexity index is 1620. The smallest absolute Gasteiger partial charge is 1.00 e. The zero-order valence-electron chi connectivity index (χ0n) is 29.9. The van der Waals surface area contributed by atoms with Crippen molar-refractivity contribution < 1.29 is 64.5 Å². The molecule has 4 aromatic carbocycles. The van der Waals surface area contributed by atoms with Crippen molar-refractivity contribution in [1.29, 1.82) is 0 Å². The van der Waals surface area contributed by atoms with Gasteiger partial charge in [-0.05, 0) is 48.6 Å². The minimum absolute atomic E-state index is 0. The maximum absolute atomic E-state index is 10.9. The van der Waals surface area contributed by atoms with Crippen molar-refractivity contribution in [3.8, 4) is 5.75 Å². The van der Waals surface area contributed by atoms with E-state index in [9.17, 15) is 18.1 Å². The van der Waals surface area contributed by atoms with Crippen LogP contribution in [0.2, 0.25) is 0 Å². The number of phenols is 1. The first-order valence-corrected chi connectivity index (χ1v) is 18.5. The summed E-state index contributed by atoms with van der Waals surface area (Å²) < 4.78 is 33.7. The van der Waals surface area contributed by atoms with Crippen LogP contribution in [0.15, 0.2) is 106 Å².